The maximum Gasteiger partial charge on any atom is 0.290 e. The molecule has 0 saturated carbocycles. The summed E-state index contributed by atoms with van der Waals surface area (Å²) < 4.78 is 0. The smallest absolute Gasteiger partial charge is 0.290 e. The van der Waals surface area contributed by atoms with Crippen LogP contribution in [-0.4, -0.2) is 28.2 Å². The van der Waals surface area contributed by atoms with E-state index < -0.39 is 17.7 Å². The van der Waals surface area contributed by atoms with Crippen molar-refractivity contribution < 1.29 is 14.7 Å². The molecule has 4 nitrogen and oxygen atoms in total. The van der Waals surface area contributed by atoms with E-state index in [0.717, 1.165) is 16.7 Å². The van der Waals surface area contributed by atoms with Gasteiger partial charge in [-0.15, -0.1) is 0 Å². The summed E-state index contributed by atoms with van der Waals surface area (Å²) in [5.41, 5.74) is 3.22. The van der Waals surface area contributed by atoms with Gasteiger partial charge in [-0.25, -0.2) is 0 Å². The minimum Gasteiger partial charge on any atom is -0.503 e. The number of carbonyl (C=O) groups is 2. The molecule has 0 aromatic heterocycles. The molecule has 0 aliphatic carbocycles. The van der Waals surface area contributed by atoms with Crippen molar-refractivity contribution >= 4 is 11.7 Å². The highest BCUT2D eigenvalue weighted by Crippen LogP contribution is 2.37. The Morgan fingerprint density at radius 1 is 1.08 bits per heavy atom. The molecule has 3 rings (SSSR count). The predicted molar refractivity (Wildman–Crippen MR) is 96.1 cm³/mol. The van der Waals surface area contributed by atoms with E-state index in [1.165, 1.54) is 6.92 Å². The first kappa shape index (κ1) is 17.0. The van der Waals surface area contributed by atoms with Gasteiger partial charge in [0, 0.05) is 6.54 Å². The quantitative estimate of drug-likeness (QED) is 0.909. The molecule has 1 atom stereocenters. The number of hydrogen-bond acceptors (Lipinski definition) is 3. The fraction of sp³-hybridized carbons (Fsp3) is 0.238. The van der Waals surface area contributed by atoms with Crippen LogP contribution in [-0.2, 0) is 16.0 Å². The van der Waals surface area contributed by atoms with Crippen LogP contribution in [0.5, 0.6) is 0 Å². The van der Waals surface area contributed by atoms with Gasteiger partial charge in [-0.1, -0.05) is 60.2 Å². The Kier molecular flexibility index (Phi) is 4.70. The second kappa shape index (κ2) is 6.93. The Hall–Kier alpha value is -2.88. The van der Waals surface area contributed by atoms with Gasteiger partial charge in [-0.2, -0.15) is 0 Å². The van der Waals surface area contributed by atoms with Gasteiger partial charge in [0.1, 0.15) is 0 Å². The first-order valence-corrected chi connectivity index (χ1v) is 8.34. The number of aliphatic hydroxyl groups excluding tert-OH is 1. The summed E-state index contributed by atoms with van der Waals surface area (Å²) in [4.78, 5) is 26.2. The molecule has 0 saturated heterocycles. The lowest BCUT2D eigenvalue weighted by atomic mass is 9.96. The zero-order chi connectivity index (χ0) is 18.0. The molecule has 0 bridgehead atoms. The van der Waals surface area contributed by atoms with E-state index in [9.17, 15) is 14.7 Å². The third-order valence-electron chi connectivity index (χ3n) is 4.56. The summed E-state index contributed by atoms with van der Waals surface area (Å²) in [5.74, 6) is -1.18. The minimum atomic E-state index is -0.533. The maximum atomic E-state index is 12.6. The van der Waals surface area contributed by atoms with Crippen molar-refractivity contribution in [1.29, 1.82) is 0 Å². The predicted octanol–water partition coefficient (Wildman–Crippen LogP) is 3.52. The number of nitrogens with zero attached hydrogens (tertiary/aromatic N) is 1. The Balaban J connectivity index is 1.93. The number of rotatable bonds is 5. The maximum absolute atomic E-state index is 12.6. The van der Waals surface area contributed by atoms with E-state index >= 15 is 0 Å². The molecule has 0 radical (unpaired) electrons. The molecular weight excluding hydrogens is 314 g/mol. The zero-order valence-electron chi connectivity index (χ0n) is 14.4. The van der Waals surface area contributed by atoms with Crippen molar-refractivity contribution in [3.63, 3.8) is 0 Å². The number of hydrogen-bond donors (Lipinski definition) is 1. The molecule has 1 heterocycles. The lowest BCUT2D eigenvalue weighted by molar-refractivity contribution is -0.129. The van der Waals surface area contributed by atoms with Gasteiger partial charge in [-0.05, 0) is 31.4 Å². The Labute approximate surface area is 147 Å². The van der Waals surface area contributed by atoms with E-state index in [1.807, 2.05) is 61.5 Å². The van der Waals surface area contributed by atoms with E-state index in [4.69, 9.17) is 0 Å². The van der Waals surface area contributed by atoms with Crippen molar-refractivity contribution in [2.75, 3.05) is 6.54 Å². The zero-order valence-corrected chi connectivity index (χ0v) is 14.4. The molecule has 1 unspecified atom stereocenters. The number of aliphatic hydroxyl groups is 1. The molecule has 128 valence electrons. The third-order valence-corrected chi connectivity index (χ3v) is 4.56. The second-order valence-electron chi connectivity index (χ2n) is 6.37. The molecule has 4 heteroatoms. The third kappa shape index (κ3) is 3.33. The highest BCUT2D eigenvalue weighted by Gasteiger charge is 2.41. The summed E-state index contributed by atoms with van der Waals surface area (Å²) in [5, 5.41) is 10.2. The van der Waals surface area contributed by atoms with Crippen LogP contribution >= 0.6 is 0 Å². The molecule has 1 amide bonds. The van der Waals surface area contributed by atoms with Crippen molar-refractivity contribution in [3.8, 4) is 0 Å². The molecule has 1 aliphatic rings. The Bertz CT molecular complexity index is 822. The van der Waals surface area contributed by atoms with Crippen LogP contribution in [0.3, 0.4) is 0 Å². The minimum absolute atomic E-state index is 0.182. The first-order chi connectivity index (χ1) is 12.0. The summed E-state index contributed by atoms with van der Waals surface area (Å²) in [7, 11) is 0. The summed E-state index contributed by atoms with van der Waals surface area (Å²) in [6, 6.07) is 17.0. The van der Waals surface area contributed by atoms with Crippen LogP contribution in [0.15, 0.2) is 65.9 Å². The van der Waals surface area contributed by atoms with Gasteiger partial charge in [0.2, 0.25) is 0 Å². The molecule has 0 fully saturated rings. The van der Waals surface area contributed by atoms with Crippen molar-refractivity contribution in [3.05, 3.63) is 82.6 Å². The number of benzene rings is 2. The van der Waals surface area contributed by atoms with Crippen LogP contribution in [0.25, 0.3) is 0 Å². The number of ketones is 1. The molecular formula is C21H21NO3. The lowest BCUT2D eigenvalue weighted by Gasteiger charge is -2.26. The van der Waals surface area contributed by atoms with Crippen LogP contribution in [0, 0.1) is 6.92 Å². The Morgan fingerprint density at radius 2 is 1.72 bits per heavy atom. The van der Waals surface area contributed by atoms with Crippen molar-refractivity contribution in [2.24, 2.45) is 0 Å². The topological polar surface area (TPSA) is 57.6 Å². The van der Waals surface area contributed by atoms with Gasteiger partial charge in [0.05, 0.1) is 11.6 Å². The molecule has 1 aliphatic heterocycles. The summed E-state index contributed by atoms with van der Waals surface area (Å²) in [6.45, 7) is 3.80. The summed E-state index contributed by atoms with van der Waals surface area (Å²) in [6.07, 6.45) is 0.660. The van der Waals surface area contributed by atoms with Gasteiger partial charge >= 0.3 is 0 Å². The first-order valence-electron chi connectivity index (χ1n) is 8.34. The van der Waals surface area contributed by atoms with Crippen molar-refractivity contribution in [2.45, 2.75) is 26.3 Å². The standard InChI is InChI=1S/C21H21NO3/c1-14-8-10-17(11-9-14)19-18(15(2)23)20(24)21(25)22(19)13-12-16-6-4-3-5-7-16/h3-11,19,24H,12-13H2,1-2H3. The molecule has 2 aromatic carbocycles. The highest BCUT2D eigenvalue weighted by atomic mass is 16.3. The average Bonchev–Trinajstić information content (AvgIpc) is 2.86. The number of Topliss-reactive ketones (excluding diaryl/α,β-unsaturated/α-hetero) is 1. The van der Waals surface area contributed by atoms with Crippen molar-refractivity contribution in [1.82, 2.24) is 4.90 Å². The van der Waals surface area contributed by atoms with Crippen LogP contribution < -0.4 is 0 Å². The second-order valence-corrected chi connectivity index (χ2v) is 6.37. The van der Waals surface area contributed by atoms with E-state index in [2.05, 4.69) is 0 Å². The normalized spacial score (nSPS) is 17.3. The molecule has 0 spiro atoms. The monoisotopic (exact) mass is 335 g/mol. The van der Waals surface area contributed by atoms with Gasteiger partial charge in [0.25, 0.3) is 5.91 Å². The largest absolute Gasteiger partial charge is 0.503 e. The Morgan fingerprint density at radius 3 is 2.32 bits per heavy atom. The fourth-order valence-electron chi connectivity index (χ4n) is 3.23. The lowest BCUT2D eigenvalue weighted by Crippen LogP contribution is -2.32. The number of aryl methyl sites for hydroxylation is 1. The van der Waals surface area contributed by atoms with Gasteiger partial charge in [0.15, 0.2) is 11.5 Å². The van der Waals surface area contributed by atoms with E-state index in [0.29, 0.717) is 13.0 Å². The van der Waals surface area contributed by atoms with E-state index in [-0.39, 0.29) is 11.4 Å². The average molecular weight is 335 g/mol. The van der Waals surface area contributed by atoms with Gasteiger partial charge < -0.3 is 10.0 Å². The number of carbonyl (C=O) groups excluding carboxylic acids is 2. The van der Waals surface area contributed by atoms with E-state index in [1.54, 1.807) is 4.90 Å². The molecule has 25 heavy (non-hydrogen) atoms. The molecule has 2 aromatic rings. The fourth-order valence-corrected chi connectivity index (χ4v) is 3.23. The SMILES string of the molecule is CC(=O)C1=C(O)C(=O)N(CCc2ccccc2)C1c1ccc(C)cc1. The van der Waals surface area contributed by atoms with Gasteiger partial charge in [-0.3, -0.25) is 9.59 Å². The molecule has 1 N–H and O–H groups in total. The van der Waals surface area contributed by atoms with Crippen LogP contribution in [0.1, 0.15) is 29.7 Å². The number of amides is 1. The highest BCUT2D eigenvalue weighted by molar-refractivity contribution is 6.08. The van der Waals surface area contributed by atoms with Crippen LogP contribution in [0.4, 0.5) is 0 Å². The summed E-state index contributed by atoms with van der Waals surface area (Å²) >= 11 is 0. The van der Waals surface area contributed by atoms with Crippen LogP contribution in [0.2, 0.25) is 0 Å².